The number of aliphatic hydroxyl groups is 1. The van der Waals surface area contributed by atoms with Gasteiger partial charge in [0.15, 0.2) is 14.5 Å². The Morgan fingerprint density at radius 2 is 1.64 bits per heavy atom. The Kier molecular flexibility index (Phi) is 10.9. The molecule has 2 unspecified atom stereocenters. The summed E-state index contributed by atoms with van der Waals surface area (Å²) in [6.45, 7) is 10.0. The third kappa shape index (κ3) is 7.81. The number of amides is 6. The van der Waals surface area contributed by atoms with Gasteiger partial charge in [0.2, 0.25) is 5.91 Å². The van der Waals surface area contributed by atoms with Gasteiger partial charge in [0.05, 0.1) is 24.3 Å². The predicted octanol–water partition coefficient (Wildman–Crippen LogP) is 2.53. The van der Waals surface area contributed by atoms with Crippen LogP contribution >= 0.6 is 0 Å². The van der Waals surface area contributed by atoms with Crippen LogP contribution in [0.25, 0.3) is 0 Å². The average molecular weight is 708 g/mol. The van der Waals surface area contributed by atoms with Crippen molar-refractivity contribution in [1.82, 2.24) is 25.3 Å². The summed E-state index contributed by atoms with van der Waals surface area (Å²) in [5, 5.41) is 16.8. The number of ether oxygens (including phenoxy) is 2. The van der Waals surface area contributed by atoms with Crippen LogP contribution in [0.2, 0.25) is 18.1 Å². The van der Waals surface area contributed by atoms with Crippen LogP contribution in [0.3, 0.4) is 0 Å². The number of benzene rings is 2. The van der Waals surface area contributed by atoms with E-state index in [0.717, 1.165) is 4.90 Å². The fourth-order valence-corrected chi connectivity index (χ4v) is 6.78. The second-order valence-electron chi connectivity index (χ2n) is 14.0. The van der Waals surface area contributed by atoms with Gasteiger partial charge >= 0.3 is 6.03 Å². The lowest BCUT2D eigenvalue weighted by Gasteiger charge is -2.41. The topological polar surface area (TPSA) is 167 Å². The summed E-state index contributed by atoms with van der Waals surface area (Å²) in [6, 6.07) is 14.5. The SMILES string of the molecule is CN(CCOC[C@H]1O[C@@H](N2C=CC(NC(=O)c3ccccc3)NC2=O)[C@@H](O[Si](C)(C)C(C)(C)C)C1O)C(=O)CN1C(=O)c2ccccc2C1=O. The first kappa shape index (κ1) is 36.9. The number of nitrogens with zero attached hydrogens (tertiary/aromatic N) is 3. The van der Waals surface area contributed by atoms with Gasteiger partial charge in [-0.2, -0.15) is 0 Å². The maximum Gasteiger partial charge on any atom is 0.325 e. The summed E-state index contributed by atoms with van der Waals surface area (Å²) in [5.41, 5.74) is 0.990. The van der Waals surface area contributed by atoms with Crippen LogP contribution in [0.15, 0.2) is 66.9 Å². The first-order chi connectivity index (χ1) is 23.6. The molecule has 0 aromatic heterocycles. The summed E-state index contributed by atoms with van der Waals surface area (Å²) in [4.78, 5) is 67.8. The van der Waals surface area contributed by atoms with Gasteiger partial charge in [-0.15, -0.1) is 0 Å². The number of rotatable bonds is 12. The lowest BCUT2D eigenvalue weighted by Crippen LogP contribution is -2.59. The van der Waals surface area contributed by atoms with E-state index in [1.165, 1.54) is 16.0 Å². The quantitative estimate of drug-likeness (QED) is 0.171. The molecule has 1 fully saturated rings. The number of hydrogen-bond donors (Lipinski definition) is 3. The first-order valence-electron chi connectivity index (χ1n) is 16.5. The average Bonchev–Trinajstić information content (AvgIpc) is 3.50. The second kappa shape index (κ2) is 14.8. The van der Waals surface area contributed by atoms with E-state index < -0.39 is 69.3 Å². The number of nitrogens with one attached hydrogen (secondary N) is 2. The first-order valence-corrected chi connectivity index (χ1v) is 19.4. The third-order valence-electron chi connectivity index (χ3n) is 9.55. The third-order valence-corrected chi connectivity index (χ3v) is 14.0. The van der Waals surface area contributed by atoms with E-state index in [2.05, 4.69) is 31.4 Å². The van der Waals surface area contributed by atoms with Crippen molar-refractivity contribution in [2.45, 2.75) is 69.6 Å². The smallest absolute Gasteiger partial charge is 0.325 e. The Hall–Kier alpha value is -4.41. The lowest BCUT2D eigenvalue weighted by atomic mass is 10.1. The molecule has 0 spiro atoms. The molecule has 5 atom stereocenters. The van der Waals surface area contributed by atoms with E-state index in [-0.39, 0.29) is 41.8 Å². The van der Waals surface area contributed by atoms with E-state index in [4.69, 9.17) is 13.9 Å². The van der Waals surface area contributed by atoms with Gasteiger partial charge in [0.1, 0.15) is 31.0 Å². The van der Waals surface area contributed by atoms with Gasteiger partial charge < -0.3 is 34.5 Å². The molecule has 0 radical (unpaired) electrons. The minimum atomic E-state index is -2.47. The largest absolute Gasteiger partial charge is 0.407 e. The van der Waals surface area contributed by atoms with Crippen molar-refractivity contribution in [2.75, 3.05) is 33.4 Å². The summed E-state index contributed by atoms with van der Waals surface area (Å²) >= 11 is 0. The lowest BCUT2D eigenvalue weighted by molar-refractivity contribution is -0.131. The van der Waals surface area contributed by atoms with Gasteiger partial charge in [0, 0.05) is 25.4 Å². The summed E-state index contributed by atoms with van der Waals surface area (Å²) in [6.07, 6.45) is -1.58. The molecule has 268 valence electrons. The van der Waals surface area contributed by atoms with Gasteiger partial charge in [-0.25, -0.2) is 4.79 Å². The molecular formula is C35H45N5O9Si. The maximum atomic E-state index is 13.4. The Bertz CT molecular complexity index is 1610. The molecule has 3 heterocycles. The Morgan fingerprint density at radius 1 is 1.02 bits per heavy atom. The minimum absolute atomic E-state index is 0.0651. The van der Waals surface area contributed by atoms with Crippen molar-refractivity contribution in [2.24, 2.45) is 0 Å². The van der Waals surface area contributed by atoms with Crippen LogP contribution in [0, 0.1) is 0 Å². The van der Waals surface area contributed by atoms with E-state index in [1.54, 1.807) is 67.7 Å². The van der Waals surface area contributed by atoms with E-state index in [0.29, 0.717) is 5.56 Å². The molecule has 3 aliphatic rings. The van der Waals surface area contributed by atoms with Crippen molar-refractivity contribution in [3.63, 3.8) is 0 Å². The van der Waals surface area contributed by atoms with Gasteiger partial charge in [-0.05, 0) is 48.5 Å². The summed E-state index contributed by atoms with van der Waals surface area (Å²) < 4.78 is 18.7. The number of carbonyl (C=O) groups is 5. The predicted molar refractivity (Wildman–Crippen MR) is 184 cm³/mol. The van der Waals surface area contributed by atoms with E-state index >= 15 is 0 Å². The maximum absolute atomic E-state index is 13.4. The number of hydrogen-bond acceptors (Lipinski definition) is 9. The van der Waals surface area contributed by atoms with Gasteiger partial charge in [0.25, 0.3) is 17.7 Å². The Balaban J connectivity index is 1.18. The summed E-state index contributed by atoms with van der Waals surface area (Å²) in [7, 11) is -0.927. The van der Waals surface area contributed by atoms with Crippen LogP contribution in [0.4, 0.5) is 4.79 Å². The molecule has 14 nitrogen and oxygen atoms in total. The monoisotopic (exact) mass is 707 g/mol. The molecule has 0 bridgehead atoms. The molecule has 15 heteroatoms. The molecule has 6 amide bonds. The molecule has 1 saturated heterocycles. The normalized spacial score (nSPS) is 23.6. The van der Waals surface area contributed by atoms with Crippen LogP contribution in [-0.2, 0) is 18.7 Å². The zero-order valence-electron chi connectivity index (χ0n) is 29.1. The summed E-state index contributed by atoms with van der Waals surface area (Å²) in [5.74, 6) is -1.81. The Morgan fingerprint density at radius 3 is 2.24 bits per heavy atom. The van der Waals surface area contributed by atoms with Gasteiger partial charge in [-0.1, -0.05) is 51.1 Å². The second-order valence-corrected chi connectivity index (χ2v) is 18.8. The molecule has 3 aliphatic heterocycles. The Labute approximate surface area is 292 Å². The molecule has 3 N–H and O–H groups in total. The van der Waals surface area contributed by atoms with E-state index in [1.807, 2.05) is 13.1 Å². The number of imide groups is 1. The highest BCUT2D eigenvalue weighted by molar-refractivity contribution is 6.74. The van der Waals surface area contributed by atoms with Crippen molar-refractivity contribution >= 4 is 38.0 Å². The number of likely N-dealkylation sites (N-methyl/N-ethyl adjacent to an activating group) is 1. The van der Waals surface area contributed by atoms with Crippen LogP contribution in [0.5, 0.6) is 0 Å². The molecule has 50 heavy (non-hydrogen) atoms. The number of urea groups is 1. The number of aliphatic hydroxyl groups excluding tert-OH is 1. The number of carbonyl (C=O) groups excluding carboxylic acids is 5. The van der Waals surface area contributed by atoms with Crippen LogP contribution in [0.1, 0.15) is 51.8 Å². The minimum Gasteiger partial charge on any atom is -0.407 e. The molecule has 2 aromatic carbocycles. The molecule has 2 aromatic rings. The van der Waals surface area contributed by atoms with Crippen molar-refractivity contribution in [1.29, 1.82) is 0 Å². The molecule has 0 saturated carbocycles. The molecule has 0 aliphatic carbocycles. The zero-order chi connectivity index (χ0) is 36.4. The molecular weight excluding hydrogens is 662 g/mol. The van der Waals surface area contributed by atoms with E-state index in [9.17, 15) is 29.1 Å². The fourth-order valence-electron chi connectivity index (χ4n) is 5.49. The highest BCUT2D eigenvalue weighted by Crippen LogP contribution is 2.40. The highest BCUT2D eigenvalue weighted by atomic mass is 28.4. The van der Waals surface area contributed by atoms with Crippen molar-refractivity contribution in [3.05, 3.63) is 83.6 Å². The number of fused-ring (bicyclic) bond motifs is 1. The van der Waals surface area contributed by atoms with Crippen molar-refractivity contribution < 1.29 is 43.0 Å². The molecule has 5 rings (SSSR count). The highest BCUT2D eigenvalue weighted by Gasteiger charge is 2.52. The van der Waals surface area contributed by atoms with Crippen LogP contribution in [-0.4, -0.2) is 122 Å². The fraction of sp³-hybridized carbons (Fsp3) is 0.457. The van der Waals surface area contributed by atoms with Crippen LogP contribution < -0.4 is 10.6 Å². The van der Waals surface area contributed by atoms with Gasteiger partial charge in [-0.3, -0.25) is 29.0 Å². The zero-order valence-corrected chi connectivity index (χ0v) is 30.1. The van der Waals surface area contributed by atoms with Crippen molar-refractivity contribution in [3.8, 4) is 0 Å². The standard InChI is InChI=1S/C35H45N5O9Si/c1-35(2,3)50(5,6)49-29-28(42)25(48-33(29)39-17-16-26(37-34(39)46)36-30(43)22-12-8-7-9-13-22)21-47-19-18-38(4)27(41)20-40-31(44)23-14-10-11-15-24(23)32(40)45/h7-17,25-26,28-29,33,42H,18-21H2,1-6H3,(H,36,43)(H,37,46)/t25-,26?,28?,29+,33-/m1/s1.